The first-order chi connectivity index (χ1) is 10.6. The second-order valence-corrected chi connectivity index (χ2v) is 7.87. The Hall–Kier alpha value is -1.26. The van der Waals surface area contributed by atoms with Crippen molar-refractivity contribution in [1.82, 2.24) is 9.62 Å². The van der Waals surface area contributed by atoms with Crippen molar-refractivity contribution in [2.24, 2.45) is 5.41 Å². The number of carbonyl (C=O) groups is 1. The fraction of sp³-hybridized carbons (Fsp3) is 0.500. The van der Waals surface area contributed by atoms with Crippen LogP contribution in [0.4, 0.5) is 0 Å². The molecule has 0 spiro atoms. The van der Waals surface area contributed by atoms with Gasteiger partial charge in [0.05, 0.1) is 6.42 Å². The van der Waals surface area contributed by atoms with Crippen LogP contribution in [0.3, 0.4) is 0 Å². The Bertz CT molecular complexity index is 595. The molecule has 1 aromatic rings. The van der Waals surface area contributed by atoms with E-state index in [9.17, 15) is 4.79 Å². The van der Waals surface area contributed by atoms with Crippen LogP contribution in [0.15, 0.2) is 35.2 Å². The van der Waals surface area contributed by atoms with Crippen molar-refractivity contribution >= 4 is 23.4 Å². The Morgan fingerprint density at radius 2 is 2.18 bits per heavy atom. The summed E-state index contributed by atoms with van der Waals surface area (Å²) in [6.45, 7) is 7.10. The van der Waals surface area contributed by atoms with Crippen molar-refractivity contribution in [3.8, 4) is 0 Å². The van der Waals surface area contributed by atoms with Gasteiger partial charge in [-0.3, -0.25) is 9.52 Å². The molecule has 2 heterocycles. The lowest BCUT2D eigenvalue weighted by molar-refractivity contribution is -0.133. The number of benzene rings is 1. The molecule has 0 atom stereocenters. The van der Waals surface area contributed by atoms with Crippen LogP contribution in [0.2, 0.25) is 0 Å². The molecule has 0 unspecified atom stereocenters. The minimum Gasteiger partial charge on any atom is -0.342 e. The largest absolute Gasteiger partial charge is 0.342 e. The zero-order valence-corrected chi connectivity index (χ0v) is 14.2. The predicted octanol–water partition coefficient (Wildman–Crippen LogP) is 3.72. The van der Waals surface area contributed by atoms with E-state index in [4.69, 9.17) is 0 Å². The molecule has 2 aliphatic rings. The molecule has 1 saturated heterocycles. The standard InChI is InChI=1S/C18H24N2OS/c1-18(2)9-5-11-20(13-18)17(21)12-14-8-10-19-22-16-7-4-3-6-15(14)16/h3-4,6-8,19H,5,9-13H2,1-2H3. The van der Waals surface area contributed by atoms with E-state index < -0.39 is 0 Å². The minimum atomic E-state index is 0.251. The van der Waals surface area contributed by atoms with Gasteiger partial charge in [0.2, 0.25) is 5.91 Å². The van der Waals surface area contributed by atoms with Crippen LogP contribution in [0.5, 0.6) is 0 Å². The van der Waals surface area contributed by atoms with Crippen LogP contribution in [0.1, 0.15) is 38.7 Å². The van der Waals surface area contributed by atoms with Gasteiger partial charge in [0, 0.05) is 24.5 Å². The van der Waals surface area contributed by atoms with E-state index in [1.165, 1.54) is 16.9 Å². The Kier molecular flexibility index (Phi) is 4.59. The summed E-state index contributed by atoms with van der Waals surface area (Å²) in [6, 6.07) is 8.33. The van der Waals surface area contributed by atoms with E-state index in [2.05, 4.69) is 41.7 Å². The van der Waals surface area contributed by atoms with Gasteiger partial charge < -0.3 is 4.90 Å². The van der Waals surface area contributed by atoms with E-state index in [1.807, 2.05) is 12.1 Å². The van der Waals surface area contributed by atoms with Gasteiger partial charge in [-0.2, -0.15) is 0 Å². The highest BCUT2D eigenvalue weighted by atomic mass is 32.2. The van der Waals surface area contributed by atoms with Crippen LogP contribution in [0.25, 0.3) is 5.57 Å². The molecule has 1 amide bonds. The van der Waals surface area contributed by atoms with Gasteiger partial charge in [-0.25, -0.2) is 0 Å². The summed E-state index contributed by atoms with van der Waals surface area (Å²) in [4.78, 5) is 16.0. The number of hydrogen-bond acceptors (Lipinski definition) is 3. The molecule has 118 valence electrons. The summed E-state index contributed by atoms with van der Waals surface area (Å²) >= 11 is 1.65. The number of rotatable bonds is 2. The average Bonchev–Trinajstić information content (AvgIpc) is 2.69. The number of amides is 1. The van der Waals surface area contributed by atoms with Crippen molar-refractivity contribution in [3.05, 3.63) is 35.9 Å². The highest BCUT2D eigenvalue weighted by Gasteiger charge is 2.29. The Morgan fingerprint density at radius 3 is 3.00 bits per heavy atom. The first kappa shape index (κ1) is 15.6. The third kappa shape index (κ3) is 3.55. The molecule has 0 saturated carbocycles. The van der Waals surface area contributed by atoms with Gasteiger partial charge in [0.25, 0.3) is 0 Å². The summed E-state index contributed by atoms with van der Waals surface area (Å²) in [5.74, 6) is 0.265. The van der Waals surface area contributed by atoms with Crippen LogP contribution in [-0.2, 0) is 4.79 Å². The Labute approximate surface area is 137 Å². The lowest BCUT2D eigenvalue weighted by atomic mass is 9.84. The SMILES string of the molecule is CC1(C)CCCN(C(=O)CC2=CCNSc3ccccc32)C1. The predicted molar refractivity (Wildman–Crippen MR) is 92.5 cm³/mol. The molecule has 0 aromatic heterocycles. The van der Waals surface area contributed by atoms with Crippen LogP contribution >= 0.6 is 11.9 Å². The summed E-state index contributed by atoms with van der Waals surface area (Å²) < 4.78 is 3.31. The van der Waals surface area contributed by atoms with Crippen LogP contribution < -0.4 is 4.72 Å². The highest BCUT2D eigenvalue weighted by molar-refractivity contribution is 7.97. The van der Waals surface area contributed by atoms with Crippen molar-refractivity contribution in [3.63, 3.8) is 0 Å². The van der Waals surface area contributed by atoms with Crippen LogP contribution in [0, 0.1) is 5.41 Å². The third-order valence-electron chi connectivity index (χ3n) is 4.44. The van der Waals surface area contributed by atoms with Crippen molar-refractivity contribution in [1.29, 1.82) is 0 Å². The van der Waals surface area contributed by atoms with E-state index >= 15 is 0 Å². The Morgan fingerprint density at radius 1 is 1.36 bits per heavy atom. The molecule has 3 nitrogen and oxygen atoms in total. The normalized spacial score (nSPS) is 20.8. The molecule has 1 N–H and O–H groups in total. The van der Waals surface area contributed by atoms with E-state index in [0.717, 1.165) is 31.6 Å². The van der Waals surface area contributed by atoms with Crippen molar-refractivity contribution in [2.75, 3.05) is 19.6 Å². The lowest BCUT2D eigenvalue weighted by Crippen LogP contribution is -2.43. The number of carbonyl (C=O) groups excluding carboxylic acids is 1. The van der Waals surface area contributed by atoms with Crippen LogP contribution in [-0.4, -0.2) is 30.4 Å². The summed E-state index contributed by atoms with van der Waals surface area (Å²) in [7, 11) is 0. The number of piperidine rings is 1. The fourth-order valence-corrected chi connectivity index (χ4v) is 4.07. The topological polar surface area (TPSA) is 32.3 Å². The second-order valence-electron chi connectivity index (χ2n) is 6.94. The molecule has 0 aliphatic carbocycles. The van der Waals surface area contributed by atoms with Gasteiger partial charge in [-0.15, -0.1) is 0 Å². The molecular weight excluding hydrogens is 292 g/mol. The second kappa shape index (κ2) is 6.47. The quantitative estimate of drug-likeness (QED) is 0.844. The molecule has 2 aliphatic heterocycles. The molecule has 3 rings (SSSR count). The summed E-state index contributed by atoms with van der Waals surface area (Å²) in [6.07, 6.45) is 5.00. The number of nitrogens with one attached hydrogen (secondary N) is 1. The molecule has 22 heavy (non-hydrogen) atoms. The molecule has 0 radical (unpaired) electrons. The maximum Gasteiger partial charge on any atom is 0.227 e. The van der Waals surface area contributed by atoms with Gasteiger partial charge in [0.15, 0.2) is 0 Å². The monoisotopic (exact) mass is 316 g/mol. The van der Waals surface area contributed by atoms with E-state index in [-0.39, 0.29) is 11.3 Å². The number of hydrogen-bond donors (Lipinski definition) is 1. The van der Waals surface area contributed by atoms with Gasteiger partial charge in [-0.05, 0) is 47.4 Å². The fourth-order valence-electron chi connectivity index (χ4n) is 3.29. The van der Waals surface area contributed by atoms with Gasteiger partial charge >= 0.3 is 0 Å². The number of likely N-dealkylation sites (tertiary alicyclic amines) is 1. The molecule has 4 heteroatoms. The van der Waals surface area contributed by atoms with E-state index in [0.29, 0.717) is 6.42 Å². The minimum absolute atomic E-state index is 0.251. The Balaban J connectivity index is 1.75. The van der Waals surface area contributed by atoms with Crippen molar-refractivity contribution < 1.29 is 4.79 Å². The lowest BCUT2D eigenvalue weighted by Gasteiger charge is -2.38. The zero-order valence-electron chi connectivity index (χ0n) is 13.4. The summed E-state index contributed by atoms with van der Waals surface area (Å²) in [5.41, 5.74) is 2.60. The first-order valence-corrected chi connectivity index (χ1v) is 8.83. The molecule has 1 fully saturated rings. The zero-order chi connectivity index (χ0) is 15.6. The smallest absolute Gasteiger partial charge is 0.227 e. The van der Waals surface area contributed by atoms with Gasteiger partial charge in [0.1, 0.15) is 0 Å². The first-order valence-electron chi connectivity index (χ1n) is 8.01. The molecule has 0 bridgehead atoms. The average molecular weight is 316 g/mol. The maximum atomic E-state index is 12.7. The third-order valence-corrected chi connectivity index (χ3v) is 5.33. The number of fused-ring (bicyclic) bond motifs is 1. The molecule has 1 aromatic carbocycles. The maximum absolute atomic E-state index is 12.7. The van der Waals surface area contributed by atoms with Gasteiger partial charge in [-0.1, -0.05) is 38.1 Å². The summed E-state index contributed by atoms with van der Waals surface area (Å²) in [5, 5.41) is 0. The van der Waals surface area contributed by atoms with E-state index in [1.54, 1.807) is 11.9 Å². The van der Waals surface area contributed by atoms with Crippen molar-refractivity contribution in [2.45, 2.75) is 38.0 Å². The highest BCUT2D eigenvalue weighted by Crippen LogP contribution is 2.33. The molecular formula is C18H24N2OS. The number of nitrogens with zero attached hydrogens (tertiary/aromatic N) is 1.